The minimum atomic E-state index is -2.48. The fourth-order valence-corrected chi connectivity index (χ4v) is 4.55. The van der Waals surface area contributed by atoms with Crippen molar-refractivity contribution in [2.24, 2.45) is 0 Å². The molecule has 0 saturated carbocycles. The van der Waals surface area contributed by atoms with Crippen molar-refractivity contribution in [3.8, 4) is 5.75 Å². The Morgan fingerprint density at radius 1 is 1.15 bits per heavy atom. The van der Waals surface area contributed by atoms with E-state index in [1.54, 1.807) is 26.6 Å². The first-order valence-electron chi connectivity index (χ1n) is 10.9. The summed E-state index contributed by atoms with van der Waals surface area (Å²) in [4.78, 5) is 10.9. The molecule has 0 fully saturated rings. The molecule has 180 valence electrons. The number of hydrogen-bond acceptors (Lipinski definition) is 8. The summed E-state index contributed by atoms with van der Waals surface area (Å²) in [5.74, 6) is 1.61. The topological polar surface area (TPSA) is 99.6 Å². The normalized spacial score (nSPS) is 11.5. The average molecular weight is 482 g/mol. The molecular weight excluding hydrogens is 449 g/mol. The number of aliphatic hydroxyl groups is 1. The number of rotatable bonds is 10. The number of para-hydroxylation sites is 1. The molecule has 1 aromatic heterocycles. The lowest BCUT2D eigenvalue weighted by molar-refractivity contribution is 0.294. The zero-order valence-electron chi connectivity index (χ0n) is 20.2. The summed E-state index contributed by atoms with van der Waals surface area (Å²) in [6.45, 7) is 7.80. The largest absolute Gasteiger partial charge is 0.495 e. The first-order chi connectivity index (χ1) is 16.3. The van der Waals surface area contributed by atoms with E-state index in [0.717, 1.165) is 22.2 Å². The Balaban J connectivity index is 1.93. The third kappa shape index (κ3) is 6.16. The van der Waals surface area contributed by atoms with Crippen LogP contribution in [-0.4, -0.2) is 48.8 Å². The molecule has 0 spiro atoms. The molecule has 9 heteroatoms. The van der Waals surface area contributed by atoms with Gasteiger partial charge in [0.15, 0.2) is 0 Å². The second-order valence-electron chi connectivity index (χ2n) is 8.16. The van der Waals surface area contributed by atoms with Gasteiger partial charge in [0.1, 0.15) is 25.4 Å². The number of hydrogen-bond donors (Lipinski definition) is 3. The highest BCUT2D eigenvalue weighted by Crippen LogP contribution is 2.38. The van der Waals surface area contributed by atoms with Crippen LogP contribution in [0.1, 0.15) is 12.5 Å². The van der Waals surface area contributed by atoms with Crippen LogP contribution in [0.15, 0.2) is 60.8 Å². The van der Waals surface area contributed by atoms with Crippen LogP contribution in [0.2, 0.25) is 0 Å². The van der Waals surface area contributed by atoms with E-state index in [-0.39, 0.29) is 6.73 Å². The van der Waals surface area contributed by atoms with Gasteiger partial charge in [0.2, 0.25) is 5.95 Å². The number of anilines is 5. The first kappa shape index (κ1) is 25.3. The second kappa shape index (κ2) is 11.2. The van der Waals surface area contributed by atoms with Crippen LogP contribution in [0.3, 0.4) is 0 Å². The van der Waals surface area contributed by atoms with Crippen molar-refractivity contribution >= 4 is 41.3 Å². The van der Waals surface area contributed by atoms with Gasteiger partial charge in [-0.3, -0.25) is 0 Å². The minimum Gasteiger partial charge on any atom is -0.495 e. The molecule has 0 amide bonds. The highest BCUT2D eigenvalue weighted by Gasteiger charge is 2.17. The highest BCUT2D eigenvalue weighted by atomic mass is 31.2. The maximum atomic E-state index is 12.7. The number of aliphatic hydroxyl groups excluding tert-OH is 1. The molecule has 0 unspecified atom stereocenters. The Kier molecular flexibility index (Phi) is 8.31. The summed E-state index contributed by atoms with van der Waals surface area (Å²) in [6, 6.07) is 13.1. The van der Waals surface area contributed by atoms with Crippen LogP contribution in [0.25, 0.3) is 0 Å². The Labute approximate surface area is 201 Å². The molecule has 8 nitrogen and oxygen atoms in total. The van der Waals surface area contributed by atoms with Crippen molar-refractivity contribution in [2.45, 2.75) is 13.8 Å². The lowest BCUT2D eigenvalue weighted by Crippen LogP contribution is -2.24. The Morgan fingerprint density at radius 2 is 1.91 bits per heavy atom. The van der Waals surface area contributed by atoms with Gasteiger partial charge >= 0.3 is 0 Å². The van der Waals surface area contributed by atoms with Crippen LogP contribution in [0, 0.1) is 6.92 Å². The molecule has 3 rings (SSSR count). The van der Waals surface area contributed by atoms with Crippen molar-refractivity contribution in [2.75, 3.05) is 49.2 Å². The summed E-state index contributed by atoms with van der Waals surface area (Å²) in [5.41, 5.74) is 3.09. The monoisotopic (exact) mass is 481 g/mol. The first-order valence-corrected chi connectivity index (χ1v) is 13.5. The maximum absolute atomic E-state index is 12.7. The summed E-state index contributed by atoms with van der Waals surface area (Å²) >= 11 is 0. The lowest BCUT2D eigenvalue weighted by Gasteiger charge is -2.22. The molecule has 2 aromatic carbocycles. The zero-order chi connectivity index (χ0) is 24.7. The fourth-order valence-electron chi connectivity index (χ4n) is 3.39. The van der Waals surface area contributed by atoms with E-state index >= 15 is 0 Å². The molecule has 0 atom stereocenters. The van der Waals surface area contributed by atoms with Gasteiger partial charge in [0.05, 0.1) is 18.5 Å². The number of nitrogens with zero attached hydrogens (tertiary/aromatic N) is 3. The average Bonchev–Trinajstić information content (AvgIpc) is 2.81. The van der Waals surface area contributed by atoms with E-state index in [1.165, 1.54) is 0 Å². The molecule has 3 N–H and O–H groups in total. The van der Waals surface area contributed by atoms with Crippen molar-refractivity contribution < 1.29 is 14.4 Å². The predicted octanol–water partition coefficient (Wildman–Crippen LogP) is 4.86. The fraction of sp³-hybridized carbons (Fsp3) is 0.280. The summed E-state index contributed by atoms with van der Waals surface area (Å²) in [5, 5.41) is 17.1. The molecular formula is C25H32N5O3P. The number of ether oxygens (including phenoxy) is 1. The van der Waals surface area contributed by atoms with Crippen LogP contribution < -0.4 is 25.6 Å². The number of allylic oxidation sites excluding steroid dienone is 1. The summed E-state index contributed by atoms with van der Waals surface area (Å²) < 4.78 is 18.3. The number of benzene rings is 2. The molecule has 0 aliphatic carbocycles. The van der Waals surface area contributed by atoms with E-state index in [4.69, 9.17) is 4.74 Å². The second-order valence-corrected chi connectivity index (χ2v) is 11.3. The van der Waals surface area contributed by atoms with E-state index in [2.05, 4.69) is 20.6 Å². The summed E-state index contributed by atoms with van der Waals surface area (Å²) in [7, 11) is -0.885. The SMILES string of the molecule is C/C=C\CN(CO)c1ccc(OC)c(Nc2ncc(C)c(Nc3ccccc3P(C)(C)=O)n2)c1. The quantitative estimate of drug-likeness (QED) is 0.214. The van der Waals surface area contributed by atoms with Gasteiger partial charge in [-0.15, -0.1) is 0 Å². The van der Waals surface area contributed by atoms with Gasteiger partial charge in [-0.25, -0.2) is 4.98 Å². The van der Waals surface area contributed by atoms with Gasteiger partial charge in [0, 0.05) is 29.3 Å². The molecule has 34 heavy (non-hydrogen) atoms. The van der Waals surface area contributed by atoms with E-state index in [0.29, 0.717) is 29.7 Å². The Bertz CT molecular complexity index is 1210. The van der Waals surface area contributed by atoms with Gasteiger partial charge in [0.25, 0.3) is 0 Å². The molecule has 0 saturated heterocycles. The van der Waals surface area contributed by atoms with Crippen LogP contribution in [0.4, 0.5) is 28.8 Å². The Morgan fingerprint density at radius 3 is 2.59 bits per heavy atom. The smallest absolute Gasteiger partial charge is 0.229 e. The molecule has 3 aromatic rings. The van der Waals surface area contributed by atoms with E-state index in [9.17, 15) is 9.67 Å². The van der Waals surface area contributed by atoms with Crippen LogP contribution in [-0.2, 0) is 4.57 Å². The molecule has 0 aliphatic heterocycles. The Hall–Kier alpha value is -3.35. The van der Waals surface area contributed by atoms with E-state index < -0.39 is 7.14 Å². The van der Waals surface area contributed by atoms with Gasteiger partial charge < -0.3 is 29.9 Å². The maximum Gasteiger partial charge on any atom is 0.229 e. The molecule has 1 heterocycles. The number of nitrogens with one attached hydrogen (secondary N) is 2. The van der Waals surface area contributed by atoms with Crippen molar-refractivity contribution in [1.82, 2.24) is 9.97 Å². The molecule has 0 radical (unpaired) electrons. The number of aryl methyl sites for hydroxylation is 1. The summed E-state index contributed by atoms with van der Waals surface area (Å²) in [6.07, 6.45) is 5.63. The van der Waals surface area contributed by atoms with Crippen LogP contribution >= 0.6 is 7.14 Å². The van der Waals surface area contributed by atoms with Crippen molar-refractivity contribution in [3.63, 3.8) is 0 Å². The predicted molar refractivity (Wildman–Crippen MR) is 141 cm³/mol. The lowest BCUT2D eigenvalue weighted by atomic mass is 10.2. The highest BCUT2D eigenvalue weighted by molar-refractivity contribution is 7.70. The van der Waals surface area contributed by atoms with Gasteiger partial charge in [-0.05, 0) is 57.5 Å². The minimum absolute atomic E-state index is 0.122. The van der Waals surface area contributed by atoms with E-state index in [1.807, 2.05) is 73.4 Å². The van der Waals surface area contributed by atoms with Gasteiger partial charge in [-0.1, -0.05) is 24.3 Å². The number of aromatic nitrogens is 2. The van der Waals surface area contributed by atoms with Crippen molar-refractivity contribution in [1.29, 1.82) is 0 Å². The standard InChI is InChI=1S/C25H32N5O3P/c1-6-7-14-30(17-31)19-12-13-22(33-3)21(15-19)28-25-26-16-18(2)24(29-25)27-20-10-8-9-11-23(20)34(4,5)32/h6-13,15-16,31H,14,17H2,1-5H3,(H2,26,27,28,29)/b7-6-. The third-order valence-corrected chi connectivity index (χ3v) is 6.79. The zero-order valence-corrected chi connectivity index (χ0v) is 21.1. The van der Waals surface area contributed by atoms with Crippen molar-refractivity contribution in [3.05, 3.63) is 66.4 Å². The number of methoxy groups -OCH3 is 1. The molecule has 0 aliphatic rings. The van der Waals surface area contributed by atoms with Gasteiger partial charge in [-0.2, -0.15) is 4.98 Å². The third-order valence-electron chi connectivity index (χ3n) is 5.24. The van der Waals surface area contributed by atoms with Crippen LogP contribution in [0.5, 0.6) is 5.75 Å². The molecule has 0 bridgehead atoms.